The van der Waals surface area contributed by atoms with E-state index < -0.39 is 17.5 Å². The number of hydrogen-bond acceptors (Lipinski definition) is 2. The average molecular weight is 315 g/mol. The first-order chi connectivity index (χ1) is 9.89. The van der Waals surface area contributed by atoms with E-state index in [1.807, 2.05) is 6.07 Å². The molecule has 110 valence electrons. The van der Waals surface area contributed by atoms with Crippen molar-refractivity contribution >= 4 is 17.4 Å². The van der Waals surface area contributed by atoms with Crippen LogP contribution in [0.15, 0.2) is 48.5 Å². The topological polar surface area (TPSA) is 26.3 Å². The molecule has 2 aromatic carbocycles. The van der Waals surface area contributed by atoms with Gasteiger partial charge in [-0.15, -0.1) is 0 Å². The Morgan fingerprint density at radius 1 is 1.05 bits per heavy atom. The molecular weight excluding hydrogens is 305 g/mol. The summed E-state index contributed by atoms with van der Waals surface area (Å²) in [5.41, 5.74) is 0.102. The number of alkyl halides is 3. The van der Waals surface area contributed by atoms with E-state index in [0.29, 0.717) is 0 Å². The zero-order valence-corrected chi connectivity index (χ0v) is 11.4. The molecule has 2 nitrogen and oxygen atoms in total. The van der Waals surface area contributed by atoms with Gasteiger partial charge in [-0.2, -0.15) is 13.2 Å². The third-order valence-corrected chi connectivity index (χ3v) is 3.01. The van der Waals surface area contributed by atoms with E-state index >= 15 is 0 Å². The molecule has 0 aliphatic rings. The fourth-order valence-electron chi connectivity index (χ4n) is 1.72. The Morgan fingerprint density at radius 3 is 2.33 bits per heavy atom. The molecule has 0 saturated heterocycles. The minimum absolute atomic E-state index is 0.0410. The highest BCUT2D eigenvalue weighted by Gasteiger charge is 2.42. The molecule has 0 fully saturated rings. The minimum Gasteiger partial charge on any atom is -0.488 e. The maximum atomic E-state index is 12.6. The summed E-state index contributed by atoms with van der Waals surface area (Å²) < 4.78 is 43.1. The van der Waals surface area contributed by atoms with Gasteiger partial charge in [0.05, 0.1) is 10.6 Å². The molecule has 0 aliphatic carbocycles. The SMILES string of the molecule is O=C(c1c(Cl)cccc1OCc1ccccc1)C(F)(F)F. The smallest absolute Gasteiger partial charge is 0.455 e. The van der Waals surface area contributed by atoms with Crippen molar-refractivity contribution < 1.29 is 22.7 Å². The first-order valence-electron chi connectivity index (χ1n) is 5.96. The molecule has 0 saturated carbocycles. The van der Waals surface area contributed by atoms with Gasteiger partial charge in [0.2, 0.25) is 0 Å². The summed E-state index contributed by atoms with van der Waals surface area (Å²) in [5.74, 6) is -2.20. The Hall–Kier alpha value is -2.01. The molecule has 0 bridgehead atoms. The summed E-state index contributed by atoms with van der Waals surface area (Å²) in [6, 6.07) is 12.8. The van der Waals surface area contributed by atoms with Gasteiger partial charge in [0.15, 0.2) is 0 Å². The van der Waals surface area contributed by atoms with Crippen LogP contribution in [0, 0.1) is 0 Å². The molecule has 6 heteroatoms. The second-order valence-electron chi connectivity index (χ2n) is 4.21. The molecule has 0 aliphatic heterocycles. The van der Waals surface area contributed by atoms with Gasteiger partial charge in [-0.05, 0) is 17.7 Å². The van der Waals surface area contributed by atoms with Crippen LogP contribution in [0.3, 0.4) is 0 Å². The summed E-state index contributed by atoms with van der Waals surface area (Å²) in [7, 11) is 0. The molecule has 0 N–H and O–H groups in total. The number of ether oxygens (including phenoxy) is 1. The van der Waals surface area contributed by atoms with Crippen molar-refractivity contribution in [3.63, 3.8) is 0 Å². The van der Waals surface area contributed by atoms with Crippen LogP contribution in [0.1, 0.15) is 15.9 Å². The minimum atomic E-state index is -5.00. The molecule has 0 atom stereocenters. The number of carbonyl (C=O) groups is 1. The van der Waals surface area contributed by atoms with Crippen molar-refractivity contribution in [1.29, 1.82) is 0 Å². The first-order valence-corrected chi connectivity index (χ1v) is 6.34. The van der Waals surface area contributed by atoms with Gasteiger partial charge < -0.3 is 4.74 Å². The van der Waals surface area contributed by atoms with Crippen LogP contribution in [0.5, 0.6) is 5.75 Å². The van der Waals surface area contributed by atoms with Gasteiger partial charge in [0.1, 0.15) is 12.4 Å². The molecule has 21 heavy (non-hydrogen) atoms. The van der Waals surface area contributed by atoms with Crippen molar-refractivity contribution in [2.24, 2.45) is 0 Å². The van der Waals surface area contributed by atoms with Gasteiger partial charge in [0, 0.05) is 0 Å². The van der Waals surface area contributed by atoms with E-state index in [-0.39, 0.29) is 17.4 Å². The lowest BCUT2D eigenvalue weighted by molar-refractivity contribution is -0.0886. The van der Waals surface area contributed by atoms with Crippen LogP contribution in [0.2, 0.25) is 5.02 Å². The molecule has 0 heterocycles. The number of rotatable bonds is 4. The molecule has 0 aromatic heterocycles. The Labute approximate surface area is 124 Å². The Balaban J connectivity index is 2.28. The fourth-order valence-corrected chi connectivity index (χ4v) is 1.97. The molecule has 0 unspecified atom stereocenters. The van der Waals surface area contributed by atoms with Gasteiger partial charge >= 0.3 is 6.18 Å². The van der Waals surface area contributed by atoms with Crippen LogP contribution in [-0.2, 0) is 6.61 Å². The van der Waals surface area contributed by atoms with E-state index in [9.17, 15) is 18.0 Å². The molecule has 0 amide bonds. The van der Waals surface area contributed by atoms with Crippen molar-refractivity contribution in [2.45, 2.75) is 12.8 Å². The number of Topliss-reactive ketones (excluding diaryl/α,β-unsaturated/α-hetero) is 1. The highest BCUT2D eigenvalue weighted by Crippen LogP contribution is 2.33. The summed E-state index contributed by atoms with van der Waals surface area (Å²) in [6.45, 7) is 0.0410. The zero-order valence-electron chi connectivity index (χ0n) is 10.7. The number of ketones is 1. The van der Waals surface area contributed by atoms with Gasteiger partial charge in [0.25, 0.3) is 5.78 Å². The van der Waals surface area contributed by atoms with E-state index in [0.717, 1.165) is 5.56 Å². The van der Waals surface area contributed by atoms with E-state index in [1.165, 1.54) is 18.2 Å². The van der Waals surface area contributed by atoms with Crippen LogP contribution in [0.4, 0.5) is 13.2 Å². The summed E-state index contributed by atoms with van der Waals surface area (Å²) in [5, 5.41) is -0.289. The van der Waals surface area contributed by atoms with Crippen LogP contribution in [-0.4, -0.2) is 12.0 Å². The van der Waals surface area contributed by atoms with E-state index in [2.05, 4.69) is 0 Å². The van der Waals surface area contributed by atoms with Gasteiger partial charge in [-0.25, -0.2) is 0 Å². The predicted octanol–water partition coefficient (Wildman–Crippen LogP) is 4.66. The van der Waals surface area contributed by atoms with Crippen LogP contribution < -0.4 is 4.74 Å². The quantitative estimate of drug-likeness (QED) is 0.767. The second kappa shape index (κ2) is 6.18. The Kier molecular flexibility index (Phi) is 4.53. The molecule has 2 rings (SSSR count). The first kappa shape index (κ1) is 15.4. The zero-order chi connectivity index (χ0) is 15.5. The molecule has 2 aromatic rings. The highest BCUT2D eigenvalue weighted by atomic mass is 35.5. The lowest BCUT2D eigenvalue weighted by Crippen LogP contribution is -2.23. The lowest BCUT2D eigenvalue weighted by Gasteiger charge is -2.13. The second-order valence-corrected chi connectivity index (χ2v) is 4.62. The summed E-state index contributed by atoms with van der Waals surface area (Å²) >= 11 is 5.71. The average Bonchev–Trinajstić information content (AvgIpc) is 2.44. The van der Waals surface area contributed by atoms with Crippen LogP contribution >= 0.6 is 11.6 Å². The van der Waals surface area contributed by atoms with Crippen molar-refractivity contribution in [3.05, 3.63) is 64.7 Å². The fraction of sp³-hybridized carbons (Fsp3) is 0.133. The number of benzene rings is 2. The number of carbonyl (C=O) groups excluding carboxylic acids is 1. The van der Waals surface area contributed by atoms with Crippen molar-refractivity contribution in [1.82, 2.24) is 0 Å². The third kappa shape index (κ3) is 3.76. The predicted molar refractivity (Wildman–Crippen MR) is 72.6 cm³/mol. The van der Waals surface area contributed by atoms with Gasteiger partial charge in [-0.1, -0.05) is 48.0 Å². The summed E-state index contributed by atoms with van der Waals surface area (Å²) in [6.07, 6.45) is -5.00. The van der Waals surface area contributed by atoms with Gasteiger partial charge in [-0.3, -0.25) is 4.79 Å². The maximum Gasteiger partial charge on any atom is 0.455 e. The highest BCUT2D eigenvalue weighted by molar-refractivity contribution is 6.34. The van der Waals surface area contributed by atoms with Crippen molar-refractivity contribution in [3.8, 4) is 5.75 Å². The monoisotopic (exact) mass is 314 g/mol. The third-order valence-electron chi connectivity index (χ3n) is 2.70. The molecular formula is C15H10ClF3O2. The summed E-state index contributed by atoms with van der Waals surface area (Å²) in [4.78, 5) is 11.4. The van der Waals surface area contributed by atoms with E-state index in [1.54, 1.807) is 24.3 Å². The van der Waals surface area contributed by atoms with Crippen LogP contribution in [0.25, 0.3) is 0 Å². The van der Waals surface area contributed by atoms with E-state index in [4.69, 9.17) is 16.3 Å². The normalized spacial score (nSPS) is 11.2. The number of halogens is 4. The molecule has 0 spiro atoms. The lowest BCUT2D eigenvalue weighted by atomic mass is 10.1. The Bertz CT molecular complexity index is 639. The standard InChI is InChI=1S/C15H10ClF3O2/c16-11-7-4-8-12(13(11)14(20)15(17,18)19)21-9-10-5-2-1-3-6-10/h1-8H,9H2. The molecule has 0 radical (unpaired) electrons. The maximum absolute atomic E-state index is 12.6. The Morgan fingerprint density at radius 2 is 1.71 bits per heavy atom. The van der Waals surface area contributed by atoms with Crippen molar-refractivity contribution in [2.75, 3.05) is 0 Å². The largest absolute Gasteiger partial charge is 0.488 e. The number of hydrogen-bond donors (Lipinski definition) is 0.